The van der Waals surface area contributed by atoms with Crippen LogP contribution in [0.1, 0.15) is 26.2 Å². The van der Waals surface area contributed by atoms with Gasteiger partial charge in [0.15, 0.2) is 0 Å². The van der Waals surface area contributed by atoms with Crippen LogP contribution >= 0.6 is 23.2 Å². The van der Waals surface area contributed by atoms with E-state index < -0.39 is 0 Å². The first kappa shape index (κ1) is 12.8. The third-order valence-electron chi connectivity index (χ3n) is 3.06. The van der Waals surface area contributed by atoms with Gasteiger partial charge in [0, 0.05) is 13.1 Å². The molecule has 2 N–H and O–H groups in total. The van der Waals surface area contributed by atoms with Crippen molar-refractivity contribution in [2.75, 3.05) is 23.7 Å². The van der Waals surface area contributed by atoms with Crippen LogP contribution in [0.4, 0.5) is 11.6 Å². The monoisotopic (exact) mass is 273 g/mol. The molecule has 0 aromatic carbocycles. The molecule has 1 aromatic rings. The second-order valence-electron chi connectivity index (χ2n) is 4.36. The van der Waals surface area contributed by atoms with Gasteiger partial charge in [-0.3, -0.25) is 0 Å². The summed E-state index contributed by atoms with van der Waals surface area (Å²) in [4.78, 5) is 4.41. The van der Waals surface area contributed by atoms with Gasteiger partial charge in [-0.1, -0.05) is 29.6 Å². The van der Waals surface area contributed by atoms with E-state index >= 15 is 0 Å². The van der Waals surface area contributed by atoms with Crippen molar-refractivity contribution in [1.29, 1.82) is 0 Å². The summed E-state index contributed by atoms with van der Waals surface area (Å²) < 4.78 is 0. The molecule has 1 aliphatic rings. The molecule has 0 amide bonds. The van der Waals surface area contributed by atoms with E-state index in [1.54, 1.807) is 6.07 Å². The Balaban J connectivity index is 2.05. The van der Waals surface area contributed by atoms with Gasteiger partial charge in [-0.05, 0) is 31.7 Å². The summed E-state index contributed by atoms with van der Waals surface area (Å²) in [5, 5.41) is 7.56. The molecule has 1 aliphatic carbocycles. The molecule has 2 rings (SSSR count). The number of pyridine rings is 1. The standard InChI is InChI=1S/C12H17Cl2N3/c1-2-15-11-9(13)6-10(14)12(17-11)16-7-8-4-3-5-8/h6,8H,2-5,7H2,1H3,(H2,15,16,17). The van der Waals surface area contributed by atoms with Gasteiger partial charge in [0.2, 0.25) is 0 Å². The van der Waals surface area contributed by atoms with E-state index in [0.717, 1.165) is 24.8 Å². The van der Waals surface area contributed by atoms with Gasteiger partial charge in [0.1, 0.15) is 11.6 Å². The summed E-state index contributed by atoms with van der Waals surface area (Å²) >= 11 is 12.2. The van der Waals surface area contributed by atoms with Gasteiger partial charge in [-0.2, -0.15) is 0 Å². The van der Waals surface area contributed by atoms with Crippen molar-refractivity contribution in [3.63, 3.8) is 0 Å². The fourth-order valence-electron chi connectivity index (χ4n) is 1.82. The summed E-state index contributed by atoms with van der Waals surface area (Å²) in [5.41, 5.74) is 0. The molecule has 1 fully saturated rings. The molecular formula is C12H17Cl2N3. The molecule has 0 unspecified atom stereocenters. The van der Waals surface area contributed by atoms with Crippen molar-refractivity contribution in [3.8, 4) is 0 Å². The van der Waals surface area contributed by atoms with Crippen LogP contribution in [0.2, 0.25) is 10.0 Å². The number of hydrogen-bond acceptors (Lipinski definition) is 3. The second-order valence-corrected chi connectivity index (χ2v) is 5.17. The SMILES string of the molecule is CCNc1nc(NCC2CCC2)c(Cl)cc1Cl. The maximum absolute atomic E-state index is 6.11. The van der Waals surface area contributed by atoms with Crippen molar-refractivity contribution >= 4 is 34.8 Å². The highest BCUT2D eigenvalue weighted by molar-refractivity contribution is 6.37. The van der Waals surface area contributed by atoms with E-state index in [-0.39, 0.29) is 0 Å². The molecule has 1 heterocycles. The van der Waals surface area contributed by atoms with Gasteiger partial charge >= 0.3 is 0 Å². The Hall–Kier alpha value is -0.670. The zero-order valence-electron chi connectivity index (χ0n) is 9.89. The van der Waals surface area contributed by atoms with Gasteiger partial charge < -0.3 is 10.6 Å². The van der Waals surface area contributed by atoms with Crippen LogP contribution in [0.5, 0.6) is 0 Å². The third-order valence-corrected chi connectivity index (χ3v) is 3.63. The lowest BCUT2D eigenvalue weighted by Crippen LogP contribution is -2.21. The van der Waals surface area contributed by atoms with E-state index in [4.69, 9.17) is 23.2 Å². The van der Waals surface area contributed by atoms with Crippen molar-refractivity contribution in [1.82, 2.24) is 4.98 Å². The average molecular weight is 274 g/mol. The summed E-state index contributed by atoms with van der Waals surface area (Å²) in [5.74, 6) is 2.18. The van der Waals surface area contributed by atoms with Crippen molar-refractivity contribution < 1.29 is 0 Å². The number of nitrogens with zero attached hydrogens (tertiary/aromatic N) is 1. The number of rotatable bonds is 5. The number of anilines is 2. The number of nitrogens with one attached hydrogen (secondary N) is 2. The lowest BCUT2D eigenvalue weighted by Gasteiger charge is -2.25. The smallest absolute Gasteiger partial charge is 0.147 e. The van der Waals surface area contributed by atoms with Gasteiger partial charge in [0.25, 0.3) is 0 Å². The molecule has 17 heavy (non-hydrogen) atoms. The van der Waals surface area contributed by atoms with E-state index in [0.29, 0.717) is 15.9 Å². The summed E-state index contributed by atoms with van der Waals surface area (Å²) in [6, 6.07) is 1.73. The zero-order chi connectivity index (χ0) is 12.3. The largest absolute Gasteiger partial charge is 0.369 e. The molecule has 94 valence electrons. The Kier molecular flexibility index (Phi) is 4.35. The molecule has 0 spiro atoms. The van der Waals surface area contributed by atoms with Crippen LogP contribution in [-0.4, -0.2) is 18.1 Å². The number of hydrogen-bond donors (Lipinski definition) is 2. The Morgan fingerprint density at radius 3 is 2.41 bits per heavy atom. The minimum Gasteiger partial charge on any atom is -0.369 e. The Labute approximate surface area is 112 Å². The molecule has 0 radical (unpaired) electrons. The van der Waals surface area contributed by atoms with Gasteiger partial charge in [-0.15, -0.1) is 0 Å². The molecule has 0 atom stereocenters. The predicted octanol–water partition coefficient (Wildman–Crippen LogP) is 4.03. The highest BCUT2D eigenvalue weighted by atomic mass is 35.5. The molecule has 0 aliphatic heterocycles. The Morgan fingerprint density at radius 2 is 1.88 bits per heavy atom. The molecule has 1 saturated carbocycles. The highest BCUT2D eigenvalue weighted by Gasteiger charge is 2.18. The van der Waals surface area contributed by atoms with Gasteiger partial charge in [0.05, 0.1) is 10.0 Å². The molecule has 0 bridgehead atoms. The first-order valence-electron chi connectivity index (χ1n) is 6.04. The van der Waals surface area contributed by atoms with E-state index in [2.05, 4.69) is 15.6 Å². The van der Waals surface area contributed by atoms with Crippen molar-refractivity contribution in [2.24, 2.45) is 5.92 Å². The first-order chi connectivity index (χ1) is 8.20. The Morgan fingerprint density at radius 1 is 1.24 bits per heavy atom. The third kappa shape index (κ3) is 3.17. The van der Waals surface area contributed by atoms with Crippen LogP contribution in [0, 0.1) is 5.92 Å². The lowest BCUT2D eigenvalue weighted by atomic mass is 9.85. The Bertz CT molecular complexity index is 392. The molecule has 5 heteroatoms. The van der Waals surface area contributed by atoms with Crippen LogP contribution < -0.4 is 10.6 Å². The average Bonchev–Trinajstić information content (AvgIpc) is 2.22. The maximum Gasteiger partial charge on any atom is 0.147 e. The fraction of sp³-hybridized carbons (Fsp3) is 0.583. The number of aromatic nitrogens is 1. The fourth-order valence-corrected chi connectivity index (χ4v) is 2.31. The molecule has 1 aromatic heterocycles. The van der Waals surface area contributed by atoms with E-state index in [1.165, 1.54) is 19.3 Å². The molecule has 0 saturated heterocycles. The van der Waals surface area contributed by atoms with Crippen LogP contribution in [0.25, 0.3) is 0 Å². The van der Waals surface area contributed by atoms with Crippen molar-refractivity contribution in [2.45, 2.75) is 26.2 Å². The first-order valence-corrected chi connectivity index (χ1v) is 6.80. The van der Waals surface area contributed by atoms with Crippen LogP contribution in [0.3, 0.4) is 0 Å². The van der Waals surface area contributed by atoms with Gasteiger partial charge in [-0.25, -0.2) is 4.98 Å². The predicted molar refractivity (Wildman–Crippen MR) is 74.3 cm³/mol. The second kappa shape index (κ2) is 5.78. The quantitative estimate of drug-likeness (QED) is 0.851. The zero-order valence-corrected chi connectivity index (χ0v) is 11.4. The van der Waals surface area contributed by atoms with Crippen LogP contribution in [-0.2, 0) is 0 Å². The molecular weight excluding hydrogens is 257 g/mol. The van der Waals surface area contributed by atoms with Crippen molar-refractivity contribution in [3.05, 3.63) is 16.1 Å². The summed E-state index contributed by atoms with van der Waals surface area (Å²) in [6.45, 7) is 3.74. The van der Waals surface area contributed by atoms with E-state index in [1.807, 2.05) is 6.92 Å². The maximum atomic E-state index is 6.11. The summed E-state index contributed by atoms with van der Waals surface area (Å²) in [7, 11) is 0. The minimum absolute atomic E-state index is 0.561. The molecule has 3 nitrogen and oxygen atoms in total. The normalized spacial score (nSPS) is 15.5. The highest BCUT2D eigenvalue weighted by Crippen LogP contribution is 2.31. The topological polar surface area (TPSA) is 37.0 Å². The number of halogens is 2. The minimum atomic E-state index is 0.561. The lowest BCUT2D eigenvalue weighted by molar-refractivity contribution is 0.333. The van der Waals surface area contributed by atoms with E-state index in [9.17, 15) is 0 Å². The van der Waals surface area contributed by atoms with Crippen LogP contribution in [0.15, 0.2) is 6.07 Å². The summed E-state index contributed by atoms with van der Waals surface area (Å²) in [6.07, 6.45) is 3.95.